The first-order valence-corrected chi connectivity index (χ1v) is 9.71. The van der Waals surface area contributed by atoms with Crippen LogP contribution in [-0.2, 0) is 14.9 Å². The summed E-state index contributed by atoms with van der Waals surface area (Å²) in [6.45, 7) is 5.67. The van der Waals surface area contributed by atoms with Crippen molar-refractivity contribution in [3.05, 3.63) is 0 Å². The minimum atomic E-state index is -4.18. The summed E-state index contributed by atoms with van der Waals surface area (Å²) < 4.78 is 38.3. The first-order valence-electron chi connectivity index (χ1n) is 7.05. The van der Waals surface area contributed by atoms with Gasteiger partial charge in [0.2, 0.25) is 0 Å². The predicted molar refractivity (Wildman–Crippen MR) is 82.1 cm³/mol. The fourth-order valence-electron chi connectivity index (χ4n) is 3.07. The zero-order valence-electron chi connectivity index (χ0n) is 12.7. The lowest BCUT2D eigenvalue weighted by molar-refractivity contribution is 0.0270. The molecule has 0 bridgehead atoms. The Bertz CT molecular complexity index is 505. The third-order valence-electron chi connectivity index (χ3n) is 4.07. The summed E-state index contributed by atoms with van der Waals surface area (Å²) in [6.07, 6.45) is 0.884. The number of ether oxygens (including phenoxy) is 1. The van der Waals surface area contributed by atoms with Crippen LogP contribution in [-0.4, -0.2) is 59.4 Å². The van der Waals surface area contributed by atoms with Crippen molar-refractivity contribution in [1.29, 1.82) is 0 Å². The maximum absolute atomic E-state index is 12.2. The van der Waals surface area contributed by atoms with Crippen LogP contribution in [0.4, 0.5) is 4.79 Å². The number of hydrogen-bond donors (Lipinski definition) is 1. The molecule has 2 aliphatic rings. The van der Waals surface area contributed by atoms with E-state index >= 15 is 0 Å². The van der Waals surface area contributed by atoms with Crippen molar-refractivity contribution in [2.24, 2.45) is 5.41 Å². The van der Waals surface area contributed by atoms with E-state index in [0.717, 1.165) is 11.5 Å². The number of rotatable bonds is 1. The molecule has 0 radical (unpaired) electrons. The van der Waals surface area contributed by atoms with Gasteiger partial charge in [0.25, 0.3) is 10.1 Å². The lowest BCUT2D eigenvalue weighted by Crippen LogP contribution is -2.42. The van der Waals surface area contributed by atoms with E-state index in [9.17, 15) is 17.8 Å². The Labute approximate surface area is 130 Å². The summed E-state index contributed by atoms with van der Waals surface area (Å²) in [5, 5.41) is -0.904. The maximum atomic E-state index is 12.2. The molecule has 1 atom stereocenters. The van der Waals surface area contributed by atoms with Crippen LogP contribution >= 0.6 is 11.8 Å². The monoisotopic (exact) mass is 337 g/mol. The van der Waals surface area contributed by atoms with Crippen molar-refractivity contribution < 1.29 is 22.5 Å². The summed E-state index contributed by atoms with van der Waals surface area (Å²) in [4.78, 5) is 13.6. The van der Waals surface area contributed by atoms with E-state index < -0.39 is 32.5 Å². The SMILES string of the molecule is CC(C)(C)OC(=O)N1CC(S(=O)(=O)O)C2(CCSCC2)C1. The van der Waals surface area contributed by atoms with Crippen molar-refractivity contribution in [2.75, 3.05) is 24.6 Å². The highest BCUT2D eigenvalue weighted by atomic mass is 32.2. The summed E-state index contributed by atoms with van der Waals surface area (Å²) in [5.74, 6) is 1.71. The van der Waals surface area contributed by atoms with Gasteiger partial charge < -0.3 is 9.64 Å². The van der Waals surface area contributed by atoms with Crippen LogP contribution in [0.1, 0.15) is 33.6 Å². The minimum Gasteiger partial charge on any atom is -0.444 e. The van der Waals surface area contributed by atoms with Crippen LogP contribution in [0.5, 0.6) is 0 Å². The molecule has 0 aromatic heterocycles. The molecule has 0 saturated carbocycles. The number of thioether (sulfide) groups is 1. The number of hydrogen-bond acceptors (Lipinski definition) is 5. The van der Waals surface area contributed by atoms with Crippen LogP contribution in [0.25, 0.3) is 0 Å². The molecule has 2 saturated heterocycles. The molecule has 0 aromatic rings. The Kier molecular flexibility index (Phi) is 4.52. The Morgan fingerprint density at radius 2 is 1.90 bits per heavy atom. The van der Waals surface area contributed by atoms with Crippen molar-refractivity contribution in [2.45, 2.75) is 44.5 Å². The first-order chi connectivity index (χ1) is 9.54. The lowest BCUT2D eigenvalue weighted by Gasteiger charge is -2.36. The molecule has 2 aliphatic heterocycles. The average molecular weight is 337 g/mol. The van der Waals surface area contributed by atoms with Gasteiger partial charge in [0, 0.05) is 18.5 Å². The molecule has 6 nitrogen and oxygen atoms in total. The van der Waals surface area contributed by atoms with Gasteiger partial charge in [-0.2, -0.15) is 20.2 Å². The molecule has 122 valence electrons. The topological polar surface area (TPSA) is 83.9 Å². The quantitative estimate of drug-likeness (QED) is 0.737. The molecule has 2 heterocycles. The number of carbonyl (C=O) groups excluding carboxylic acids is 1. The third-order valence-corrected chi connectivity index (χ3v) is 6.43. The maximum Gasteiger partial charge on any atom is 0.410 e. The van der Waals surface area contributed by atoms with Crippen LogP contribution in [0.3, 0.4) is 0 Å². The second kappa shape index (κ2) is 5.62. The van der Waals surface area contributed by atoms with E-state index in [4.69, 9.17) is 4.74 Å². The summed E-state index contributed by atoms with van der Waals surface area (Å²) in [7, 11) is -4.18. The number of likely N-dealkylation sites (tertiary alicyclic amines) is 1. The number of amides is 1. The van der Waals surface area contributed by atoms with E-state index in [0.29, 0.717) is 19.4 Å². The average Bonchev–Trinajstić information content (AvgIpc) is 2.67. The highest BCUT2D eigenvalue weighted by Gasteiger charge is 2.54. The molecule has 21 heavy (non-hydrogen) atoms. The largest absolute Gasteiger partial charge is 0.444 e. The van der Waals surface area contributed by atoms with E-state index in [1.807, 2.05) is 0 Å². The van der Waals surface area contributed by atoms with Gasteiger partial charge in [0.15, 0.2) is 0 Å². The van der Waals surface area contributed by atoms with Crippen molar-refractivity contribution >= 4 is 28.0 Å². The van der Waals surface area contributed by atoms with Crippen molar-refractivity contribution in [3.63, 3.8) is 0 Å². The Hall–Kier alpha value is -0.470. The van der Waals surface area contributed by atoms with Gasteiger partial charge in [-0.15, -0.1) is 0 Å². The molecular formula is C13H23NO5S2. The van der Waals surface area contributed by atoms with Crippen molar-refractivity contribution in [1.82, 2.24) is 4.90 Å². The molecule has 1 spiro atoms. The fourth-order valence-corrected chi connectivity index (χ4v) is 5.69. The zero-order valence-corrected chi connectivity index (χ0v) is 14.3. The van der Waals surface area contributed by atoms with Gasteiger partial charge in [0.05, 0.1) is 0 Å². The van der Waals surface area contributed by atoms with Crippen LogP contribution in [0.15, 0.2) is 0 Å². The highest BCUT2D eigenvalue weighted by molar-refractivity contribution is 7.99. The summed E-state index contributed by atoms with van der Waals surface area (Å²) in [5.41, 5.74) is -1.15. The molecule has 0 aliphatic carbocycles. The van der Waals surface area contributed by atoms with Crippen LogP contribution in [0.2, 0.25) is 0 Å². The molecule has 0 aromatic carbocycles. The second-order valence-electron chi connectivity index (χ2n) is 6.84. The smallest absolute Gasteiger partial charge is 0.410 e. The molecule has 1 unspecified atom stereocenters. The van der Waals surface area contributed by atoms with E-state index in [-0.39, 0.29) is 6.54 Å². The molecule has 1 N–H and O–H groups in total. The van der Waals surface area contributed by atoms with Gasteiger partial charge in [-0.1, -0.05) is 0 Å². The second-order valence-corrected chi connectivity index (χ2v) is 9.66. The van der Waals surface area contributed by atoms with Gasteiger partial charge in [-0.3, -0.25) is 4.55 Å². The van der Waals surface area contributed by atoms with E-state index in [1.165, 1.54) is 4.90 Å². The Morgan fingerprint density at radius 1 is 1.33 bits per heavy atom. The molecular weight excluding hydrogens is 314 g/mol. The molecule has 1 amide bonds. The van der Waals surface area contributed by atoms with Gasteiger partial charge in [0.1, 0.15) is 10.9 Å². The fraction of sp³-hybridized carbons (Fsp3) is 0.923. The van der Waals surface area contributed by atoms with Crippen LogP contribution in [0, 0.1) is 5.41 Å². The zero-order chi connectivity index (χ0) is 15.9. The Morgan fingerprint density at radius 3 is 2.38 bits per heavy atom. The van der Waals surface area contributed by atoms with Crippen LogP contribution < -0.4 is 0 Å². The van der Waals surface area contributed by atoms with Crippen molar-refractivity contribution in [3.8, 4) is 0 Å². The normalized spacial score (nSPS) is 26.1. The third kappa shape index (κ3) is 3.84. The van der Waals surface area contributed by atoms with Gasteiger partial charge >= 0.3 is 6.09 Å². The summed E-state index contributed by atoms with van der Waals surface area (Å²) in [6, 6.07) is 0. The minimum absolute atomic E-state index is 0.0123. The van der Waals surface area contributed by atoms with E-state index in [2.05, 4.69) is 0 Å². The molecule has 2 fully saturated rings. The standard InChI is InChI=1S/C13H23NO5S2/c1-12(2,3)19-11(15)14-8-10(21(16,17)18)13(9-14)4-6-20-7-5-13/h10H,4-9H2,1-3H3,(H,16,17,18). The molecule has 2 rings (SSSR count). The van der Waals surface area contributed by atoms with Gasteiger partial charge in [-0.25, -0.2) is 4.79 Å². The highest BCUT2D eigenvalue weighted by Crippen LogP contribution is 2.45. The first kappa shape index (κ1) is 16.9. The number of nitrogens with zero attached hydrogens (tertiary/aromatic N) is 1. The Balaban J connectivity index is 2.20. The molecule has 8 heteroatoms. The predicted octanol–water partition coefficient (Wildman–Crippen LogP) is 2.01. The summed E-state index contributed by atoms with van der Waals surface area (Å²) >= 11 is 1.78. The lowest BCUT2D eigenvalue weighted by atomic mass is 9.81. The van der Waals surface area contributed by atoms with E-state index in [1.54, 1.807) is 32.5 Å². The number of carbonyl (C=O) groups is 1. The van der Waals surface area contributed by atoms with Gasteiger partial charge in [-0.05, 0) is 45.1 Å².